The minimum absolute atomic E-state index is 0.0147. The number of allylic oxidation sites excluding steroid dienone is 1. The molecule has 4 rings (SSSR count). The molecule has 0 bridgehead atoms. The maximum atomic E-state index is 11.6. The van der Waals surface area contributed by atoms with Crippen molar-refractivity contribution in [1.82, 2.24) is 9.88 Å². The summed E-state index contributed by atoms with van der Waals surface area (Å²) in [4.78, 5) is 18.3. The zero-order valence-corrected chi connectivity index (χ0v) is 15.1. The number of aromatic nitrogens is 1. The average Bonchev–Trinajstić information content (AvgIpc) is 3.29. The van der Waals surface area contributed by atoms with Crippen LogP contribution < -0.4 is 10.1 Å². The number of anilines is 1. The zero-order valence-electron chi connectivity index (χ0n) is 14.3. The van der Waals surface area contributed by atoms with E-state index in [0.29, 0.717) is 37.0 Å². The molecule has 2 aromatic rings. The van der Waals surface area contributed by atoms with E-state index in [2.05, 4.69) is 10.3 Å². The highest BCUT2D eigenvalue weighted by Crippen LogP contribution is 2.37. The maximum Gasteiger partial charge on any atom is 0.411 e. The van der Waals surface area contributed by atoms with Crippen LogP contribution in [0.3, 0.4) is 0 Å². The predicted molar refractivity (Wildman–Crippen MR) is 98.2 cm³/mol. The summed E-state index contributed by atoms with van der Waals surface area (Å²) in [6.45, 7) is 3.42. The molecule has 1 amide bonds. The molecule has 0 spiro atoms. The number of carbonyl (C=O) groups is 1. The van der Waals surface area contributed by atoms with Gasteiger partial charge in [0.1, 0.15) is 11.8 Å². The van der Waals surface area contributed by atoms with Gasteiger partial charge in [-0.15, -0.1) is 11.3 Å². The van der Waals surface area contributed by atoms with Gasteiger partial charge < -0.3 is 19.9 Å². The van der Waals surface area contributed by atoms with E-state index in [-0.39, 0.29) is 6.10 Å². The number of hydrogen-bond donors (Lipinski definition) is 2. The van der Waals surface area contributed by atoms with Gasteiger partial charge in [0.2, 0.25) is 5.88 Å². The van der Waals surface area contributed by atoms with Crippen LogP contribution in [0.2, 0.25) is 0 Å². The first-order chi connectivity index (χ1) is 12.6. The smallest absolute Gasteiger partial charge is 0.411 e. The van der Waals surface area contributed by atoms with Crippen molar-refractivity contribution in [2.75, 3.05) is 18.5 Å². The molecule has 136 valence electrons. The second kappa shape index (κ2) is 6.97. The Kier molecular flexibility index (Phi) is 4.52. The van der Waals surface area contributed by atoms with E-state index in [1.807, 2.05) is 23.6 Å². The molecule has 2 aliphatic heterocycles. The third-order valence-corrected chi connectivity index (χ3v) is 5.42. The number of pyridine rings is 1. The maximum absolute atomic E-state index is 11.6. The van der Waals surface area contributed by atoms with E-state index in [0.717, 1.165) is 22.6 Å². The largest absolute Gasteiger partial charge is 0.470 e. The van der Waals surface area contributed by atoms with E-state index in [9.17, 15) is 9.90 Å². The summed E-state index contributed by atoms with van der Waals surface area (Å²) in [7, 11) is 0. The van der Waals surface area contributed by atoms with Gasteiger partial charge in [-0.05, 0) is 30.5 Å². The highest BCUT2D eigenvalue weighted by atomic mass is 32.1. The molecule has 8 heteroatoms. The lowest BCUT2D eigenvalue weighted by Crippen LogP contribution is -2.31. The first-order valence-electron chi connectivity index (χ1n) is 8.38. The number of thiophene rings is 1. The van der Waals surface area contributed by atoms with Gasteiger partial charge in [0.15, 0.2) is 0 Å². The van der Waals surface area contributed by atoms with Gasteiger partial charge in [-0.1, -0.05) is 0 Å². The van der Waals surface area contributed by atoms with Crippen molar-refractivity contribution in [3.05, 3.63) is 45.9 Å². The Balaban J connectivity index is 1.67. The summed E-state index contributed by atoms with van der Waals surface area (Å²) in [5.74, 6) is 0.493. The van der Waals surface area contributed by atoms with E-state index in [1.54, 1.807) is 24.5 Å². The van der Waals surface area contributed by atoms with Crippen molar-refractivity contribution >= 4 is 28.8 Å². The van der Waals surface area contributed by atoms with Crippen LogP contribution in [0.4, 0.5) is 10.5 Å². The van der Waals surface area contributed by atoms with Crippen molar-refractivity contribution in [1.29, 1.82) is 0 Å². The number of carboxylic acid groups (broad SMARTS) is 1. The van der Waals surface area contributed by atoms with Crippen molar-refractivity contribution in [3.8, 4) is 5.88 Å². The number of fused-ring (bicyclic) bond motifs is 1. The van der Waals surface area contributed by atoms with Crippen molar-refractivity contribution in [2.45, 2.75) is 26.0 Å². The van der Waals surface area contributed by atoms with Gasteiger partial charge in [0.05, 0.1) is 25.5 Å². The van der Waals surface area contributed by atoms with Crippen LogP contribution >= 0.6 is 11.3 Å². The van der Waals surface area contributed by atoms with E-state index < -0.39 is 6.09 Å². The Labute approximate surface area is 154 Å². The van der Waals surface area contributed by atoms with Crippen LogP contribution in [-0.4, -0.2) is 40.4 Å². The molecule has 1 unspecified atom stereocenters. The van der Waals surface area contributed by atoms with Crippen molar-refractivity contribution < 1.29 is 19.4 Å². The van der Waals surface area contributed by atoms with E-state index in [4.69, 9.17) is 9.47 Å². The van der Waals surface area contributed by atoms with E-state index >= 15 is 0 Å². The molecule has 1 fully saturated rings. The molecule has 7 nitrogen and oxygen atoms in total. The first kappa shape index (κ1) is 16.9. The summed E-state index contributed by atoms with van der Waals surface area (Å²) in [6, 6.07) is 5.71. The van der Waals surface area contributed by atoms with Crippen molar-refractivity contribution in [2.24, 2.45) is 0 Å². The van der Waals surface area contributed by atoms with E-state index in [1.165, 1.54) is 4.90 Å². The lowest BCUT2D eigenvalue weighted by molar-refractivity contribution is 0.138. The third-order valence-electron chi connectivity index (χ3n) is 4.51. The number of ether oxygens (including phenoxy) is 2. The van der Waals surface area contributed by atoms with Crippen LogP contribution in [0.1, 0.15) is 23.8 Å². The van der Waals surface area contributed by atoms with Gasteiger partial charge >= 0.3 is 6.09 Å². The SMILES string of the molecule is CC1=C(Nc2cccnc2OC2CCOC2)c2ccsc2CN1C(=O)O. The van der Waals surface area contributed by atoms with Crippen LogP contribution in [0.25, 0.3) is 5.70 Å². The molecule has 0 radical (unpaired) electrons. The molecule has 26 heavy (non-hydrogen) atoms. The number of hydrogen-bond acceptors (Lipinski definition) is 6. The lowest BCUT2D eigenvalue weighted by atomic mass is 10.1. The molecule has 4 heterocycles. The Hall–Kier alpha value is -2.58. The molecule has 1 atom stereocenters. The highest BCUT2D eigenvalue weighted by Gasteiger charge is 2.28. The van der Waals surface area contributed by atoms with Crippen molar-refractivity contribution in [3.63, 3.8) is 0 Å². The monoisotopic (exact) mass is 373 g/mol. The molecule has 0 saturated carbocycles. The Bertz CT molecular complexity index is 858. The molecule has 0 aromatic carbocycles. The highest BCUT2D eigenvalue weighted by molar-refractivity contribution is 7.10. The van der Waals surface area contributed by atoms with Gasteiger partial charge in [0.25, 0.3) is 0 Å². The second-order valence-corrected chi connectivity index (χ2v) is 7.17. The lowest BCUT2D eigenvalue weighted by Gasteiger charge is -2.29. The summed E-state index contributed by atoms with van der Waals surface area (Å²) in [5.41, 5.74) is 3.14. The second-order valence-electron chi connectivity index (χ2n) is 6.17. The Morgan fingerprint density at radius 3 is 3.15 bits per heavy atom. The number of rotatable bonds is 4. The van der Waals surface area contributed by atoms with Crippen LogP contribution in [0.5, 0.6) is 5.88 Å². The fourth-order valence-electron chi connectivity index (χ4n) is 3.12. The molecule has 2 aliphatic rings. The summed E-state index contributed by atoms with van der Waals surface area (Å²) < 4.78 is 11.3. The third kappa shape index (κ3) is 3.13. The summed E-state index contributed by atoms with van der Waals surface area (Å²) in [6.07, 6.45) is 1.53. The molecular formula is C18H19N3O4S. The van der Waals surface area contributed by atoms with Gasteiger partial charge in [-0.3, -0.25) is 4.90 Å². The van der Waals surface area contributed by atoms with Gasteiger partial charge in [-0.25, -0.2) is 9.78 Å². The molecule has 0 aliphatic carbocycles. The molecule has 2 N–H and O–H groups in total. The fraction of sp³-hybridized carbons (Fsp3) is 0.333. The molecule has 1 saturated heterocycles. The number of amides is 1. The topological polar surface area (TPSA) is 83.9 Å². The minimum atomic E-state index is -0.966. The Morgan fingerprint density at radius 1 is 1.50 bits per heavy atom. The predicted octanol–water partition coefficient (Wildman–Crippen LogP) is 3.61. The molecule has 2 aromatic heterocycles. The van der Waals surface area contributed by atoms with Gasteiger partial charge in [-0.2, -0.15) is 0 Å². The standard InChI is InChI=1S/C18H19N3O4S/c1-11-16(13-5-8-26-15(13)9-21(11)18(22)23)20-14-3-2-6-19-17(14)25-12-4-7-24-10-12/h2-3,5-6,8,12,20H,4,7,9-10H2,1H3,(H,22,23). The molecular weight excluding hydrogens is 354 g/mol. The summed E-state index contributed by atoms with van der Waals surface area (Å²) >= 11 is 1.55. The quantitative estimate of drug-likeness (QED) is 0.852. The normalized spacial score (nSPS) is 19.4. The average molecular weight is 373 g/mol. The van der Waals surface area contributed by atoms with Gasteiger partial charge in [0, 0.05) is 28.8 Å². The minimum Gasteiger partial charge on any atom is -0.470 e. The van der Waals surface area contributed by atoms with Crippen LogP contribution in [0.15, 0.2) is 35.5 Å². The first-order valence-corrected chi connectivity index (χ1v) is 9.26. The number of nitrogens with one attached hydrogen (secondary N) is 1. The summed E-state index contributed by atoms with van der Waals surface area (Å²) in [5, 5.41) is 14.8. The van der Waals surface area contributed by atoms with Crippen LogP contribution in [-0.2, 0) is 11.3 Å². The fourth-order valence-corrected chi connectivity index (χ4v) is 3.99. The zero-order chi connectivity index (χ0) is 18.1. The van der Waals surface area contributed by atoms with Crippen LogP contribution in [0, 0.1) is 0 Å². The number of nitrogens with zero attached hydrogens (tertiary/aromatic N) is 2. The Morgan fingerprint density at radius 2 is 2.38 bits per heavy atom.